The Morgan fingerprint density at radius 3 is 2.70 bits per heavy atom. The maximum Gasteiger partial charge on any atom is 0.337 e. The first kappa shape index (κ1) is 16.2. The van der Waals surface area contributed by atoms with Crippen LogP contribution in [0.15, 0.2) is 24.3 Å². The Balaban J connectivity index is 2.51. The van der Waals surface area contributed by atoms with Crippen LogP contribution in [0.5, 0.6) is 0 Å². The van der Waals surface area contributed by atoms with E-state index >= 15 is 0 Å². The average molecular weight is 279 g/mol. The number of benzene rings is 1. The molecule has 0 amide bonds. The van der Waals surface area contributed by atoms with Gasteiger partial charge in [0.1, 0.15) is 0 Å². The second-order valence-electron chi connectivity index (χ2n) is 4.48. The lowest BCUT2D eigenvalue weighted by Gasteiger charge is -2.16. The molecule has 0 aliphatic rings. The lowest BCUT2D eigenvalue weighted by atomic mass is 10.1. The zero-order valence-corrected chi connectivity index (χ0v) is 12.2. The van der Waals surface area contributed by atoms with Crippen LogP contribution in [0.2, 0.25) is 0 Å². The lowest BCUT2D eigenvalue weighted by molar-refractivity contribution is -0.143. The normalized spacial score (nSPS) is 10.4. The molecule has 5 nitrogen and oxygen atoms in total. The molecule has 0 saturated heterocycles. The fourth-order valence-electron chi connectivity index (χ4n) is 1.82. The molecule has 0 bridgehead atoms. The first-order chi connectivity index (χ1) is 9.56. The van der Waals surface area contributed by atoms with Crippen LogP contribution in [0.3, 0.4) is 0 Å². The molecule has 0 unspecified atom stereocenters. The van der Waals surface area contributed by atoms with Crippen molar-refractivity contribution < 1.29 is 19.1 Å². The minimum absolute atomic E-state index is 0.192. The average Bonchev–Trinajstić information content (AvgIpc) is 2.45. The van der Waals surface area contributed by atoms with Crippen molar-refractivity contribution in [2.24, 2.45) is 0 Å². The summed E-state index contributed by atoms with van der Waals surface area (Å²) in [6.07, 6.45) is 0.362. The second-order valence-corrected chi connectivity index (χ2v) is 4.48. The SMILES string of the molecule is CCOC(=O)CCN(C)Cc1cccc(C(=O)OC)c1. The third kappa shape index (κ3) is 5.40. The molecular formula is C15H21NO4. The van der Waals surface area contributed by atoms with Crippen LogP contribution in [-0.4, -0.2) is 44.1 Å². The topological polar surface area (TPSA) is 55.8 Å². The van der Waals surface area contributed by atoms with Crippen LogP contribution >= 0.6 is 0 Å². The summed E-state index contributed by atoms with van der Waals surface area (Å²) in [6.45, 7) is 3.47. The van der Waals surface area contributed by atoms with Crippen molar-refractivity contribution in [3.63, 3.8) is 0 Å². The molecule has 20 heavy (non-hydrogen) atoms. The summed E-state index contributed by atoms with van der Waals surface area (Å²) in [7, 11) is 3.28. The van der Waals surface area contributed by atoms with Gasteiger partial charge in [0.15, 0.2) is 0 Å². The van der Waals surface area contributed by atoms with Gasteiger partial charge < -0.3 is 14.4 Å². The van der Waals surface area contributed by atoms with Crippen molar-refractivity contribution in [2.45, 2.75) is 19.9 Å². The van der Waals surface area contributed by atoms with Gasteiger partial charge in [-0.3, -0.25) is 4.79 Å². The molecule has 1 rings (SSSR count). The molecule has 0 heterocycles. The van der Waals surface area contributed by atoms with Gasteiger partial charge in [-0.25, -0.2) is 4.79 Å². The van der Waals surface area contributed by atoms with E-state index in [0.717, 1.165) is 5.56 Å². The van der Waals surface area contributed by atoms with Crippen molar-refractivity contribution in [3.05, 3.63) is 35.4 Å². The van der Waals surface area contributed by atoms with E-state index in [1.165, 1.54) is 7.11 Å². The predicted molar refractivity (Wildman–Crippen MR) is 75.4 cm³/mol. The Labute approximate surface area is 119 Å². The zero-order chi connectivity index (χ0) is 15.0. The van der Waals surface area contributed by atoms with Crippen molar-refractivity contribution in [1.82, 2.24) is 4.90 Å². The van der Waals surface area contributed by atoms with Crippen LogP contribution in [0.4, 0.5) is 0 Å². The number of carbonyl (C=O) groups excluding carboxylic acids is 2. The maximum absolute atomic E-state index is 11.4. The highest BCUT2D eigenvalue weighted by Gasteiger charge is 2.08. The minimum atomic E-state index is -0.346. The molecule has 0 aliphatic heterocycles. The minimum Gasteiger partial charge on any atom is -0.466 e. The second kappa shape index (κ2) is 8.32. The number of ether oxygens (including phenoxy) is 2. The molecule has 1 aromatic rings. The smallest absolute Gasteiger partial charge is 0.337 e. The number of hydrogen-bond acceptors (Lipinski definition) is 5. The Bertz CT molecular complexity index is 459. The zero-order valence-electron chi connectivity index (χ0n) is 12.2. The standard InChI is InChI=1S/C15H21NO4/c1-4-20-14(17)8-9-16(2)11-12-6-5-7-13(10-12)15(18)19-3/h5-7,10H,4,8-9,11H2,1-3H3. The van der Waals surface area contributed by atoms with Gasteiger partial charge in [0.2, 0.25) is 0 Å². The number of rotatable bonds is 7. The largest absolute Gasteiger partial charge is 0.466 e. The number of esters is 2. The van der Waals surface area contributed by atoms with E-state index in [9.17, 15) is 9.59 Å². The van der Waals surface area contributed by atoms with E-state index < -0.39 is 0 Å². The van der Waals surface area contributed by atoms with Gasteiger partial charge in [-0.15, -0.1) is 0 Å². The highest BCUT2D eigenvalue weighted by atomic mass is 16.5. The molecule has 1 aromatic carbocycles. The van der Waals surface area contributed by atoms with Gasteiger partial charge in [0.25, 0.3) is 0 Å². The van der Waals surface area contributed by atoms with Crippen LogP contribution in [0.1, 0.15) is 29.3 Å². The fraction of sp³-hybridized carbons (Fsp3) is 0.467. The fourth-order valence-corrected chi connectivity index (χ4v) is 1.82. The molecule has 5 heteroatoms. The summed E-state index contributed by atoms with van der Waals surface area (Å²) < 4.78 is 9.57. The maximum atomic E-state index is 11.4. The number of hydrogen-bond donors (Lipinski definition) is 0. The molecule has 0 saturated carbocycles. The van der Waals surface area contributed by atoms with Gasteiger partial charge in [-0.05, 0) is 31.7 Å². The number of methoxy groups -OCH3 is 1. The lowest BCUT2D eigenvalue weighted by Crippen LogP contribution is -2.22. The Kier molecular flexibility index (Phi) is 6.73. The summed E-state index contributed by atoms with van der Waals surface area (Å²) in [5, 5.41) is 0. The molecule has 0 radical (unpaired) electrons. The third-order valence-corrected chi connectivity index (χ3v) is 2.80. The number of nitrogens with zero attached hydrogens (tertiary/aromatic N) is 1. The summed E-state index contributed by atoms with van der Waals surface area (Å²) >= 11 is 0. The summed E-state index contributed by atoms with van der Waals surface area (Å²) in [5.41, 5.74) is 1.53. The van der Waals surface area contributed by atoms with Gasteiger partial charge in [0.05, 0.1) is 25.7 Å². The van der Waals surface area contributed by atoms with Crippen molar-refractivity contribution >= 4 is 11.9 Å². The van der Waals surface area contributed by atoms with E-state index in [1.807, 2.05) is 24.1 Å². The van der Waals surface area contributed by atoms with Crippen molar-refractivity contribution in [2.75, 3.05) is 27.3 Å². The molecule has 0 spiro atoms. The van der Waals surface area contributed by atoms with E-state index in [-0.39, 0.29) is 11.9 Å². The first-order valence-corrected chi connectivity index (χ1v) is 6.58. The van der Waals surface area contributed by atoms with E-state index in [1.54, 1.807) is 19.1 Å². The molecule has 0 fully saturated rings. The Hall–Kier alpha value is -1.88. The van der Waals surface area contributed by atoms with Crippen molar-refractivity contribution in [3.8, 4) is 0 Å². The van der Waals surface area contributed by atoms with Crippen molar-refractivity contribution in [1.29, 1.82) is 0 Å². The van der Waals surface area contributed by atoms with E-state index in [2.05, 4.69) is 4.74 Å². The van der Waals surface area contributed by atoms with Gasteiger partial charge >= 0.3 is 11.9 Å². The predicted octanol–water partition coefficient (Wildman–Crippen LogP) is 1.86. The summed E-state index contributed by atoms with van der Waals surface area (Å²) in [5.74, 6) is -0.538. The molecule has 110 valence electrons. The highest BCUT2D eigenvalue weighted by Crippen LogP contribution is 2.09. The van der Waals surface area contributed by atoms with Crippen LogP contribution in [-0.2, 0) is 20.8 Å². The van der Waals surface area contributed by atoms with E-state index in [0.29, 0.717) is 31.7 Å². The third-order valence-electron chi connectivity index (χ3n) is 2.80. The van der Waals surface area contributed by atoms with Gasteiger partial charge in [-0.1, -0.05) is 12.1 Å². The molecule has 0 aliphatic carbocycles. The highest BCUT2D eigenvalue weighted by molar-refractivity contribution is 5.89. The van der Waals surface area contributed by atoms with E-state index in [4.69, 9.17) is 4.74 Å². The number of carbonyl (C=O) groups is 2. The monoisotopic (exact) mass is 279 g/mol. The molecule has 0 atom stereocenters. The molecular weight excluding hydrogens is 258 g/mol. The van der Waals surface area contributed by atoms with Crippen LogP contribution in [0, 0.1) is 0 Å². The summed E-state index contributed by atoms with van der Waals surface area (Å²) in [4.78, 5) is 24.7. The van der Waals surface area contributed by atoms with Crippen LogP contribution in [0.25, 0.3) is 0 Å². The van der Waals surface area contributed by atoms with Gasteiger partial charge in [-0.2, -0.15) is 0 Å². The Morgan fingerprint density at radius 2 is 2.05 bits per heavy atom. The van der Waals surface area contributed by atoms with Crippen LogP contribution < -0.4 is 0 Å². The molecule has 0 N–H and O–H groups in total. The molecule has 0 aromatic heterocycles. The quantitative estimate of drug-likeness (QED) is 0.713. The summed E-state index contributed by atoms with van der Waals surface area (Å²) in [6, 6.07) is 7.27. The van der Waals surface area contributed by atoms with Gasteiger partial charge in [0, 0.05) is 13.1 Å². The first-order valence-electron chi connectivity index (χ1n) is 6.58. The Morgan fingerprint density at radius 1 is 1.30 bits per heavy atom.